The van der Waals surface area contributed by atoms with E-state index in [-0.39, 0.29) is 0 Å². The summed E-state index contributed by atoms with van der Waals surface area (Å²) >= 11 is 1.78. The van der Waals surface area contributed by atoms with Gasteiger partial charge in [-0.3, -0.25) is 0 Å². The molecule has 0 radical (unpaired) electrons. The molecule has 51 heavy (non-hydrogen) atoms. The van der Waals surface area contributed by atoms with E-state index in [1.807, 2.05) is 30.3 Å². The van der Waals surface area contributed by atoms with E-state index < -0.39 is 0 Å². The first kappa shape index (κ1) is 28.2. The second-order valence-electron chi connectivity index (χ2n) is 12.8. The fourth-order valence-corrected chi connectivity index (χ4v) is 8.89. The number of fused-ring (bicyclic) bond motifs is 9. The first-order valence-corrected chi connectivity index (χ1v) is 17.8. The molecule has 0 aliphatic heterocycles. The van der Waals surface area contributed by atoms with Crippen LogP contribution in [0, 0.1) is 0 Å². The van der Waals surface area contributed by atoms with Gasteiger partial charge in [0.05, 0.1) is 11.0 Å². The van der Waals surface area contributed by atoms with Crippen LogP contribution in [0.5, 0.6) is 0 Å². The summed E-state index contributed by atoms with van der Waals surface area (Å²) in [6, 6.07) is 54.8. The largest absolute Gasteiger partial charge is 0.456 e. The number of rotatable bonds is 4. The Morgan fingerprint density at radius 1 is 0.412 bits per heavy atom. The smallest absolute Gasteiger partial charge is 0.165 e. The van der Waals surface area contributed by atoms with Gasteiger partial charge >= 0.3 is 0 Å². The van der Waals surface area contributed by atoms with Crippen LogP contribution in [0.25, 0.3) is 104 Å². The molecule has 0 aliphatic rings. The van der Waals surface area contributed by atoms with E-state index in [0.717, 1.165) is 70.8 Å². The second-order valence-corrected chi connectivity index (χ2v) is 13.8. The van der Waals surface area contributed by atoms with Gasteiger partial charge in [0.1, 0.15) is 11.2 Å². The maximum Gasteiger partial charge on any atom is 0.165 e. The Morgan fingerprint density at radius 2 is 0.980 bits per heavy atom. The lowest BCUT2D eigenvalue weighted by Crippen LogP contribution is -2.01. The summed E-state index contributed by atoms with van der Waals surface area (Å²) in [5.74, 6) is 1.87. The first-order valence-electron chi connectivity index (χ1n) is 17.0. The molecule has 0 spiro atoms. The standard InChI is InChI=1S/C45H26N4OS/c1-2-13-27(14-3-1)49-35-22-7-4-16-30(35)40-32(19-11-23-36(40)49)43-46-44(33-20-12-25-38-41(33)31-17-5-8-24-37(31)50-38)48-45(47-43)34-21-10-18-29-28-15-6-9-26-39(28)51-42(29)34/h1-26H. The van der Waals surface area contributed by atoms with Crippen molar-refractivity contribution >= 4 is 75.3 Å². The van der Waals surface area contributed by atoms with Crippen molar-refractivity contribution in [2.24, 2.45) is 0 Å². The van der Waals surface area contributed by atoms with Crippen LogP contribution in [0.1, 0.15) is 0 Å². The highest BCUT2D eigenvalue weighted by atomic mass is 32.1. The average molecular weight is 671 g/mol. The molecule has 0 aliphatic carbocycles. The van der Waals surface area contributed by atoms with Gasteiger partial charge in [-0.25, -0.2) is 15.0 Å². The Hall–Kier alpha value is -6.63. The van der Waals surface area contributed by atoms with Gasteiger partial charge in [0.25, 0.3) is 0 Å². The molecule has 7 aromatic carbocycles. The molecule has 0 amide bonds. The zero-order valence-electron chi connectivity index (χ0n) is 27.1. The van der Waals surface area contributed by atoms with Crippen molar-refractivity contribution in [2.45, 2.75) is 0 Å². The van der Waals surface area contributed by atoms with E-state index in [1.54, 1.807) is 11.3 Å². The van der Waals surface area contributed by atoms with Crippen molar-refractivity contribution in [2.75, 3.05) is 0 Å². The maximum absolute atomic E-state index is 6.31. The number of nitrogens with zero attached hydrogens (tertiary/aromatic N) is 4. The second kappa shape index (κ2) is 10.9. The molecule has 0 N–H and O–H groups in total. The van der Waals surface area contributed by atoms with Crippen LogP contribution in [-0.2, 0) is 0 Å². The zero-order valence-corrected chi connectivity index (χ0v) is 27.9. The van der Waals surface area contributed by atoms with Gasteiger partial charge in [-0.1, -0.05) is 109 Å². The maximum atomic E-state index is 6.31. The fourth-order valence-electron chi connectivity index (χ4n) is 7.68. The third-order valence-electron chi connectivity index (χ3n) is 9.88. The lowest BCUT2D eigenvalue weighted by molar-refractivity contribution is 0.669. The Morgan fingerprint density at radius 3 is 1.82 bits per heavy atom. The summed E-state index contributed by atoms with van der Waals surface area (Å²) in [6.07, 6.45) is 0. The molecule has 11 rings (SSSR count). The monoisotopic (exact) mass is 670 g/mol. The van der Waals surface area contributed by atoms with Gasteiger partial charge in [-0.15, -0.1) is 11.3 Å². The Bertz CT molecular complexity index is 3150. The normalized spacial score (nSPS) is 11.9. The number of hydrogen-bond donors (Lipinski definition) is 0. The quantitative estimate of drug-likeness (QED) is 0.187. The van der Waals surface area contributed by atoms with Gasteiger partial charge in [0, 0.05) is 64.1 Å². The third-order valence-corrected chi connectivity index (χ3v) is 11.1. The molecule has 0 saturated carbocycles. The minimum atomic E-state index is 0.606. The Balaban J connectivity index is 1.25. The molecule has 11 aromatic rings. The summed E-state index contributed by atoms with van der Waals surface area (Å²) in [5, 5.41) is 6.72. The summed E-state index contributed by atoms with van der Waals surface area (Å²) < 4.78 is 11.0. The molecule has 0 saturated heterocycles. The van der Waals surface area contributed by atoms with Crippen LogP contribution in [0.15, 0.2) is 162 Å². The zero-order chi connectivity index (χ0) is 33.5. The molecular formula is C45H26N4OS. The van der Waals surface area contributed by atoms with Gasteiger partial charge in [0.2, 0.25) is 0 Å². The third kappa shape index (κ3) is 4.24. The molecule has 5 nitrogen and oxygen atoms in total. The Labute approximate surface area is 295 Å². The van der Waals surface area contributed by atoms with Crippen molar-refractivity contribution < 1.29 is 4.42 Å². The van der Waals surface area contributed by atoms with Crippen molar-refractivity contribution in [3.63, 3.8) is 0 Å². The van der Waals surface area contributed by atoms with Crippen LogP contribution in [-0.4, -0.2) is 19.5 Å². The average Bonchev–Trinajstić information content (AvgIpc) is 3.88. The molecule has 0 fully saturated rings. The van der Waals surface area contributed by atoms with E-state index in [4.69, 9.17) is 19.4 Å². The summed E-state index contributed by atoms with van der Waals surface area (Å²) in [7, 11) is 0. The van der Waals surface area contributed by atoms with E-state index in [2.05, 4.69) is 132 Å². The summed E-state index contributed by atoms with van der Waals surface area (Å²) in [4.78, 5) is 16.0. The van der Waals surface area contributed by atoms with Gasteiger partial charge in [-0.05, 0) is 48.5 Å². The van der Waals surface area contributed by atoms with Crippen LogP contribution < -0.4 is 0 Å². The predicted octanol–water partition coefficient (Wildman–Crippen LogP) is 12.2. The topological polar surface area (TPSA) is 56.7 Å². The van der Waals surface area contributed by atoms with E-state index in [0.29, 0.717) is 17.5 Å². The van der Waals surface area contributed by atoms with E-state index >= 15 is 0 Å². The number of hydrogen-bond acceptors (Lipinski definition) is 5. The van der Waals surface area contributed by atoms with Crippen LogP contribution >= 0.6 is 11.3 Å². The van der Waals surface area contributed by atoms with E-state index in [9.17, 15) is 0 Å². The first-order chi connectivity index (χ1) is 25.3. The minimum absolute atomic E-state index is 0.606. The lowest BCUT2D eigenvalue weighted by atomic mass is 10.0. The Kier molecular flexibility index (Phi) is 6.05. The molecule has 238 valence electrons. The number of benzene rings is 7. The van der Waals surface area contributed by atoms with Crippen LogP contribution in [0.2, 0.25) is 0 Å². The van der Waals surface area contributed by atoms with Gasteiger partial charge in [0.15, 0.2) is 17.5 Å². The van der Waals surface area contributed by atoms with Crippen molar-refractivity contribution in [3.05, 3.63) is 158 Å². The molecule has 0 bridgehead atoms. The van der Waals surface area contributed by atoms with Gasteiger partial charge in [-0.2, -0.15) is 0 Å². The molecule has 0 unspecified atom stereocenters. The SMILES string of the molecule is c1ccc(-n2c3ccccc3c3c(-c4nc(-c5cccc6c5sc5ccccc56)nc(-c5cccc6oc7ccccc7c56)n4)cccc32)cc1. The number of para-hydroxylation sites is 3. The molecular weight excluding hydrogens is 645 g/mol. The molecule has 6 heteroatoms. The predicted molar refractivity (Wildman–Crippen MR) is 211 cm³/mol. The fraction of sp³-hybridized carbons (Fsp3) is 0. The minimum Gasteiger partial charge on any atom is -0.456 e. The number of thiophene rings is 1. The van der Waals surface area contributed by atoms with Crippen LogP contribution in [0.3, 0.4) is 0 Å². The van der Waals surface area contributed by atoms with Crippen molar-refractivity contribution in [1.29, 1.82) is 0 Å². The van der Waals surface area contributed by atoms with Gasteiger partial charge < -0.3 is 8.98 Å². The molecule has 0 atom stereocenters. The summed E-state index contributed by atoms with van der Waals surface area (Å²) in [6.45, 7) is 0. The highest BCUT2D eigenvalue weighted by molar-refractivity contribution is 7.26. The number of furan rings is 1. The summed E-state index contributed by atoms with van der Waals surface area (Å²) in [5.41, 5.74) is 7.82. The molecule has 4 heterocycles. The van der Waals surface area contributed by atoms with Crippen molar-refractivity contribution in [1.82, 2.24) is 19.5 Å². The van der Waals surface area contributed by atoms with E-state index in [1.165, 1.54) is 15.5 Å². The highest BCUT2D eigenvalue weighted by Gasteiger charge is 2.22. The lowest BCUT2D eigenvalue weighted by Gasteiger charge is -2.11. The number of aromatic nitrogens is 4. The molecule has 4 aromatic heterocycles. The van der Waals surface area contributed by atoms with Crippen LogP contribution in [0.4, 0.5) is 0 Å². The highest BCUT2D eigenvalue weighted by Crippen LogP contribution is 2.42. The van der Waals surface area contributed by atoms with Crippen molar-refractivity contribution in [3.8, 4) is 39.9 Å².